The molecule has 0 aliphatic carbocycles. The van der Waals surface area contributed by atoms with Gasteiger partial charge in [0.15, 0.2) is 0 Å². The number of carbonyl (C=O) groups is 5. The van der Waals surface area contributed by atoms with E-state index in [2.05, 4.69) is 10.6 Å². The first kappa shape index (κ1) is 49.6. The first-order chi connectivity index (χ1) is 26.6. The number of esters is 1. The molecule has 2 rings (SSSR count). The second-order valence-corrected chi connectivity index (χ2v) is 17.8. The molecule has 13 nitrogen and oxygen atoms in total. The molecule has 1 saturated heterocycles. The molecule has 57 heavy (non-hydrogen) atoms. The van der Waals surface area contributed by atoms with Crippen molar-refractivity contribution in [3.05, 3.63) is 35.9 Å². The van der Waals surface area contributed by atoms with Crippen LogP contribution in [0.25, 0.3) is 0 Å². The molecular formula is C44H75N5O8. The van der Waals surface area contributed by atoms with Crippen molar-refractivity contribution >= 4 is 29.6 Å². The Morgan fingerprint density at radius 3 is 1.98 bits per heavy atom. The molecule has 9 atom stereocenters. The Morgan fingerprint density at radius 2 is 1.49 bits per heavy atom. The van der Waals surface area contributed by atoms with Gasteiger partial charge >= 0.3 is 5.97 Å². The van der Waals surface area contributed by atoms with Crippen LogP contribution in [0.3, 0.4) is 0 Å². The number of carbonyl (C=O) groups excluding carboxylic acids is 5. The highest BCUT2D eigenvalue weighted by Crippen LogP contribution is 2.30. The Morgan fingerprint density at radius 1 is 0.877 bits per heavy atom. The van der Waals surface area contributed by atoms with Gasteiger partial charge < -0.3 is 34.6 Å². The second kappa shape index (κ2) is 22.6. The Labute approximate surface area is 343 Å². The number of hydrogen-bond acceptors (Lipinski definition) is 9. The van der Waals surface area contributed by atoms with Crippen LogP contribution in [0.1, 0.15) is 100 Å². The molecule has 1 aliphatic heterocycles. The fourth-order valence-corrected chi connectivity index (χ4v) is 8.13. The SMILES string of the molecule is CC[C@H](C)[C@@H](C(CC(=O)N1CCC[C@H]1[C@H](OC)[C@@H](C)C(=O)N[C@@H](Cc1ccccc1)C(=O)OC(C)(C)C)OC)N(C)C(=O)[C@@H](NC(=O)[C@H](C(C)C)N(C)C)C(C)C. The van der Waals surface area contributed by atoms with Gasteiger partial charge in [0.2, 0.25) is 23.6 Å². The Balaban J connectivity index is 2.32. The molecule has 0 radical (unpaired) electrons. The molecule has 1 aromatic carbocycles. The largest absolute Gasteiger partial charge is 0.458 e. The van der Waals surface area contributed by atoms with Crippen LogP contribution in [0.5, 0.6) is 0 Å². The van der Waals surface area contributed by atoms with Gasteiger partial charge in [-0.25, -0.2) is 4.79 Å². The lowest BCUT2D eigenvalue weighted by atomic mass is 9.89. The van der Waals surface area contributed by atoms with Crippen LogP contribution >= 0.6 is 0 Å². The summed E-state index contributed by atoms with van der Waals surface area (Å²) in [5, 5.41) is 5.97. The summed E-state index contributed by atoms with van der Waals surface area (Å²) in [6.45, 7) is 19.4. The zero-order chi connectivity index (χ0) is 43.4. The van der Waals surface area contributed by atoms with Crippen LogP contribution in [0.15, 0.2) is 30.3 Å². The van der Waals surface area contributed by atoms with Crippen LogP contribution in [-0.4, -0.2) is 134 Å². The summed E-state index contributed by atoms with van der Waals surface area (Å²) in [5.41, 5.74) is 0.134. The molecule has 1 aliphatic rings. The van der Waals surface area contributed by atoms with Gasteiger partial charge in [0.1, 0.15) is 17.7 Å². The van der Waals surface area contributed by atoms with Crippen LogP contribution in [0, 0.1) is 23.7 Å². The predicted molar refractivity (Wildman–Crippen MR) is 223 cm³/mol. The number of amides is 4. The maximum Gasteiger partial charge on any atom is 0.329 e. The smallest absolute Gasteiger partial charge is 0.329 e. The van der Waals surface area contributed by atoms with Crippen LogP contribution in [0.2, 0.25) is 0 Å². The zero-order valence-electron chi connectivity index (χ0n) is 37.6. The third-order valence-corrected chi connectivity index (χ3v) is 11.2. The number of rotatable bonds is 21. The third-order valence-electron chi connectivity index (χ3n) is 11.2. The highest BCUT2D eigenvalue weighted by molar-refractivity contribution is 5.90. The first-order valence-electron chi connectivity index (χ1n) is 20.8. The number of benzene rings is 1. The second-order valence-electron chi connectivity index (χ2n) is 17.8. The van der Waals surface area contributed by atoms with E-state index in [1.807, 2.05) is 90.9 Å². The van der Waals surface area contributed by atoms with Crippen molar-refractivity contribution < 1.29 is 38.2 Å². The topological polar surface area (TPSA) is 147 Å². The van der Waals surface area contributed by atoms with E-state index in [0.717, 1.165) is 18.4 Å². The van der Waals surface area contributed by atoms with Gasteiger partial charge in [-0.15, -0.1) is 0 Å². The van der Waals surface area contributed by atoms with Crippen molar-refractivity contribution in [2.24, 2.45) is 23.7 Å². The number of likely N-dealkylation sites (N-methyl/N-ethyl adjacent to an activating group) is 2. The molecule has 1 heterocycles. The Kier molecular flexibility index (Phi) is 19.6. The summed E-state index contributed by atoms with van der Waals surface area (Å²) in [5.74, 6) is -2.42. The Bertz CT molecular complexity index is 1440. The molecule has 13 heteroatoms. The third kappa shape index (κ3) is 14.1. The van der Waals surface area contributed by atoms with Crippen LogP contribution < -0.4 is 10.6 Å². The van der Waals surface area contributed by atoms with Gasteiger partial charge in [-0.05, 0) is 71.0 Å². The van der Waals surface area contributed by atoms with Crippen molar-refractivity contribution in [1.29, 1.82) is 0 Å². The van der Waals surface area contributed by atoms with E-state index in [1.165, 1.54) is 7.11 Å². The van der Waals surface area contributed by atoms with Gasteiger partial charge in [0.25, 0.3) is 0 Å². The summed E-state index contributed by atoms with van der Waals surface area (Å²) in [6.07, 6.45) is 1.04. The molecule has 2 N–H and O–H groups in total. The van der Waals surface area contributed by atoms with E-state index in [1.54, 1.807) is 51.7 Å². The van der Waals surface area contributed by atoms with Crippen molar-refractivity contribution in [1.82, 2.24) is 25.3 Å². The van der Waals surface area contributed by atoms with Crippen molar-refractivity contribution in [2.75, 3.05) is 41.9 Å². The summed E-state index contributed by atoms with van der Waals surface area (Å²) in [7, 11) is 8.53. The monoisotopic (exact) mass is 802 g/mol. The molecule has 1 fully saturated rings. The predicted octanol–water partition coefficient (Wildman–Crippen LogP) is 4.70. The number of nitrogens with one attached hydrogen (secondary N) is 2. The van der Waals surface area contributed by atoms with E-state index >= 15 is 0 Å². The maximum absolute atomic E-state index is 14.3. The number of hydrogen-bond donors (Lipinski definition) is 2. The number of ether oxygens (including phenoxy) is 3. The lowest BCUT2D eigenvalue weighted by Crippen LogP contribution is -2.59. The quantitative estimate of drug-likeness (QED) is 0.169. The fourth-order valence-electron chi connectivity index (χ4n) is 8.13. The van der Waals surface area contributed by atoms with E-state index < -0.39 is 59.9 Å². The maximum atomic E-state index is 14.3. The average molecular weight is 802 g/mol. The standard InChI is InChI=1S/C44H75N5O8/c1-16-29(6)38(48(13)42(53)36(27(2)3)46-41(52)37(28(4)5)47(11)12)34(55-14)26-35(50)49-24-20-23-33(49)39(56-15)30(7)40(51)45-32(43(54)57-44(8,9)10)25-31-21-18-17-19-22-31/h17-19,21-22,27-30,32-34,36-39H,16,20,23-26H2,1-15H3,(H,45,51)(H,46,52)/t29-,30+,32-,33-,34?,36-,37-,38-,39+/m0/s1. The summed E-state index contributed by atoms with van der Waals surface area (Å²) in [6, 6.07) is 6.47. The minimum absolute atomic E-state index is 0.00316. The summed E-state index contributed by atoms with van der Waals surface area (Å²) < 4.78 is 17.7. The number of likely N-dealkylation sites (tertiary alicyclic amines) is 1. The summed E-state index contributed by atoms with van der Waals surface area (Å²) >= 11 is 0. The van der Waals surface area contributed by atoms with Crippen LogP contribution in [0.4, 0.5) is 0 Å². The zero-order valence-corrected chi connectivity index (χ0v) is 37.6. The summed E-state index contributed by atoms with van der Waals surface area (Å²) in [4.78, 5) is 74.5. The molecular weight excluding hydrogens is 727 g/mol. The minimum Gasteiger partial charge on any atom is -0.458 e. The molecule has 4 amide bonds. The highest BCUT2D eigenvalue weighted by atomic mass is 16.6. The minimum atomic E-state index is -0.923. The van der Waals surface area contributed by atoms with Crippen molar-refractivity contribution in [2.45, 2.75) is 149 Å². The molecule has 0 saturated carbocycles. The van der Waals surface area contributed by atoms with E-state index in [9.17, 15) is 24.0 Å². The fraction of sp³-hybridized carbons (Fsp3) is 0.750. The van der Waals surface area contributed by atoms with Gasteiger partial charge in [-0.3, -0.25) is 24.1 Å². The van der Waals surface area contributed by atoms with E-state index in [-0.39, 0.29) is 54.2 Å². The van der Waals surface area contributed by atoms with E-state index in [4.69, 9.17) is 14.2 Å². The molecule has 0 aromatic heterocycles. The first-order valence-corrected chi connectivity index (χ1v) is 20.8. The molecule has 324 valence electrons. The van der Waals surface area contributed by atoms with Gasteiger partial charge in [0.05, 0.1) is 42.7 Å². The molecule has 0 bridgehead atoms. The van der Waals surface area contributed by atoms with Gasteiger partial charge in [-0.1, -0.05) is 85.2 Å². The normalized spacial score (nSPS) is 19.0. The molecule has 1 unspecified atom stereocenters. The number of methoxy groups -OCH3 is 2. The lowest BCUT2D eigenvalue weighted by molar-refractivity contribution is -0.159. The van der Waals surface area contributed by atoms with Gasteiger partial charge in [-0.2, -0.15) is 0 Å². The Hall–Kier alpha value is -3.55. The van der Waals surface area contributed by atoms with Crippen molar-refractivity contribution in [3.63, 3.8) is 0 Å². The molecule has 1 aromatic rings. The lowest BCUT2D eigenvalue weighted by Gasteiger charge is -2.41. The highest BCUT2D eigenvalue weighted by Gasteiger charge is 2.43. The van der Waals surface area contributed by atoms with E-state index in [0.29, 0.717) is 13.0 Å². The number of nitrogens with zero attached hydrogens (tertiary/aromatic N) is 3. The van der Waals surface area contributed by atoms with Gasteiger partial charge in [0, 0.05) is 34.2 Å². The van der Waals surface area contributed by atoms with Crippen LogP contribution in [-0.2, 0) is 44.6 Å². The van der Waals surface area contributed by atoms with Crippen molar-refractivity contribution in [3.8, 4) is 0 Å². The average Bonchev–Trinajstić information content (AvgIpc) is 3.62. The molecule has 0 spiro atoms.